The molecule has 9 nitrogen and oxygen atoms in total. The number of rotatable bonds is 3. The van der Waals surface area contributed by atoms with E-state index in [9.17, 15) is 24.8 Å². The van der Waals surface area contributed by atoms with Crippen molar-refractivity contribution in [2.45, 2.75) is 0 Å². The zero-order chi connectivity index (χ0) is 18.1. The predicted molar refractivity (Wildman–Crippen MR) is 89.3 cm³/mol. The second-order valence-electron chi connectivity index (χ2n) is 4.96. The number of non-ortho nitro benzene ring substituents is 1. The number of aromatic hydroxyl groups is 1. The second kappa shape index (κ2) is 6.17. The number of carbonyl (C=O) groups excluding carboxylic acids is 2. The lowest BCUT2D eigenvalue weighted by atomic mass is 10.1. The summed E-state index contributed by atoms with van der Waals surface area (Å²) in [5, 5.41) is 25.2. The molecule has 1 aliphatic rings. The first-order valence-corrected chi connectivity index (χ1v) is 7.22. The molecule has 25 heavy (non-hydrogen) atoms. The van der Waals surface area contributed by atoms with Gasteiger partial charge in [0.2, 0.25) is 0 Å². The van der Waals surface area contributed by atoms with E-state index in [1.54, 1.807) is 0 Å². The maximum absolute atomic E-state index is 11.8. The molecular formula is C15H9N3O6S. The van der Waals surface area contributed by atoms with Crippen LogP contribution < -0.4 is 10.6 Å². The van der Waals surface area contributed by atoms with Gasteiger partial charge in [-0.15, -0.1) is 0 Å². The summed E-state index contributed by atoms with van der Waals surface area (Å²) in [4.78, 5) is 33.8. The summed E-state index contributed by atoms with van der Waals surface area (Å²) >= 11 is 4.70. The average molecular weight is 359 g/mol. The smallest absolute Gasteiger partial charge is 0.270 e. The molecule has 0 unspecified atom stereocenters. The molecule has 1 aromatic carbocycles. The van der Waals surface area contributed by atoms with Crippen LogP contribution in [0.1, 0.15) is 5.76 Å². The van der Waals surface area contributed by atoms with E-state index in [1.165, 1.54) is 24.3 Å². The fraction of sp³-hybridized carbons (Fsp3) is 0. The van der Waals surface area contributed by atoms with Gasteiger partial charge in [0.05, 0.1) is 10.5 Å². The van der Waals surface area contributed by atoms with Crippen LogP contribution in [0.25, 0.3) is 17.4 Å². The maximum Gasteiger partial charge on any atom is 0.270 e. The number of amides is 2. The van der Waals surface area contributed by atoms with Gasteiger partial charge in [0.25, 0.3) is 17.5 Å². The molecule has 1 aromatic heterocycles. The Bertz CT molecular complexity index is 940. The Balaban J connectivity index is 1.96. The predicted octanol–water partition coefficient (Wildman–Crippen LogP) is 1.47. The van der Waals surface area contributed by atoms with Gasteiger partial charge in [-0.05, 0) is 36.5 Å². The molecule has 10 heteroatoms. The zero-order valence-electron chi connectivity index (χ0n) is 12.3. The maximum atomic E-state index is 11.8. The molecule has 1 saturated heterocycles. The van der Waals surface area contributed by atoms with Crippen molar-refractivity contribution in [2.24, 2.45) is 0 Å². The number of nitro benzene ring substituents is 1. The number of furan rings is 1. The first-order chi connectivity index (χ1) is 11.8. The zero-order valence-corrected chi connectivity index (χ0v) is 13.1. The SMILES string of the molecule is O=C1NC(=S)NC(=O)C1=Cc1ccc(-c2cc([N+](=O)[O-])ccc2O)o1. The van der Waals surface area contributed by atoms with Crippen molar-refractivity contribution in [1.82, 2.24) is 10.6 Å². The monoisotopic (exact) mass is 359 g/mol. The Labute approximate surface area is 145 Å². The van der Waals surface area contributed by atoms with Crippen LogP contribution in [0, 0.1) is 10.1 Å². The van der Waals surface area contributed by atoms with Gasteiger partial charge in [-0.3, -0.25) is 30.3 Å². The van der Waals surface area contributed by atoms with Gasteiger partial charge in [0.15, 0.2) is 5.11 Å². The van der Waals surface area contributed by atoms with Gasteiger partial charge < -0.3 is 9.52 Å². The molecule has 0 aliphatic carbocycles. The molecule has 0 atom stereocenters. The Kier molecular flexibility index (Phi) is 4.03. The van der Waals surface area contributed by atoms with E-state index < -0.39 is 16.7 Å². The fourth-order valence-corrected chi connectivity index (χ4v) is 2.34. The Morgan fingerprint density at radius 2 is 1.84 bits per heavy atom. The van der Waals surface area contributed by atoms with Crippen molar-refractivity contribution in [3.63, 3.8) is 0 Å². The lowest BCUT2D eigenvalue weighted by Crippen LogP contribution is -2.51. The number of thiocarbonyl (C=S) groups is 1. The van der Waals surface area contributed by atoms with Crippen molar-refractivity contribution in [1.29, 1.82) is 0 Å². The molecule has 0 spiro atoms. The highest BCUT2D eigenvalue weighted by Crippen LogP contribution is 2.34. The minimum Gasteiger partial charge on any atom is -0.507 e. The molecule has 2 amide bonds. The van der Waals surface area contributed by atoms with E-state index >= 15 is 0 Å². The summed E-state index contributed by atoms with van der Waals surface area (Å²) in [6, 6.07) is 6.40. The van der Waals surface area contributed by atoms with E-state index in [-0.39, 0.29) is 39.2 Å². The first-order valence-electron chi connectivity index (χ1n) is 6.81. The number of phenolic OH excluding ortho intramolecular Hbond substituents is 1. The largest absolute Gasteiger partial charge is 0.507 e. The van der Waals surface area contributed by atoms with E-state index in [0.717, 1.165) is 12.1 Å². The van der Waals surface area contributed by atoms with Crippen molar-refractivity contribution in [2.75, 3.05) is 0 Å². The molecule has 0 bridgehead atoms. The molecule has 3 rings (SSSR count). The van der Waals surface area contributed by atoms with Crippen LogP contribution >= 0.6 is 12.2 Å². The van der Waals surface area contributed by atoms with E-state index in [4.69, 9.17) is 16.6 Å². The van der Waals surface area contributed by atoms with Crippen molar-refractivity contribution in [3.8, 4) is 17.1 Å². The summed E-state index contributed by atoms with van der Waals surface area (Å²) in [6.07, 6.45) is 1.20. The van der Waals surface area contributed by atoms with Crippen LogP contribution in [0.15, 0.2) is 40.3 Å². The van der Waals surface area contributed by atoms with Crippen LogP contribution in [-0.4, -0.2) is 27.0 Å². The van der Waals surface area contributed by atoms with Crippen molar-refractivity contribution >= 4 is 40.9 Å². The van der Waals surface area contributed by atoms with Crippen LogP contribution in [0.3, 0.4) is 0 Å². The topological polar surface area (TPSA) is 135 Å². The number of nitrogens with one attached hydrogen (secondary N) is 2. The molecule has 0 saturated carbocycles. The van der Waals surface area contributed by atoms with Gasteiger partial charge in [0.1, 0.15) is 22.8 Å². The minimum atomic E-state index is -0.676. The number of carbonyl (C=O) groups is 2. The molecule has 2 aromatic rings. The first kappa shape index (κ1) is 16.3. The number of hydrogen-bond acceptors (Lipinski definition) is 7. The molecular weight excluding hydrogens is 350 g/mol. The lowest BCUT2D eigenvalue weighted by molar-refractivity contribution is -0.384. The number of hydrogen-bond donors (Lipinski definition) is 3. The normalized spacial score (nSPS) is 14.1. The third-order valence-corrected chi connectivity index (χ3v) is 3.52. The summed E-state index contributed by atoms with van der Waals surface area (Å²) in [6.45, 7) is 0. The number of nitrogens with zero attached hydrogens (tertiary/aromatic N) is 1. The third-order valence-electron chi connectivity index (χ3n) is 3.31. The van der Waals surface area contributed by atoms with Crippen LogP contribution in [-0.2, 0) is 9.59 Å². The second-order valence-corrected chi connectivity index (χ2v) is 5.36. The Hall–Kier alpha value is -3.53. The summed E-state index contributed by atoms with van der Waals surface area (Å²) in [5.74, 6) is -1.28. The number of nitro groups is 1. The minimum absolute atomic E-state index is 0.0891. The summed E-state index contributed by atoms with van der Waals surface area (Å²) in [5.41, 5.74) is -0.320. The quantitative estimate of drug-likeness (QED) is 0.248. The third kappa shape index (κ3) is 3.23. The average Bonchev–Trinajstić information content (AvgIpc) is 2.99. The molecule has 0 radical (unpaired) electrons. The number of phenols is 1. The molecule has 1 fully saturated rings. The van der Waals surface area contributed by atoms with Crippen LogP contribution in [0.5, 0.6) is 5.75 Å². The Morgan fingerprint density at radius 1 is 1.16 bits per heavy atom. The number of benzene rings is 1. The van der Waals surface area contributed by atoms with Crippen molar-refractivity contribution < 1.29 is 24.0 Å². The van der Waals surface area contributed by atoms with Gasteiger partial charge in [0, 0.05) is 12.1 Å². The standard InChI is InChI=1S/C15H9N3O6S/c19-11-3-1-7(18(22)23)5-9(11)12-4-2-8(24-12)6-10-13(20)16-15(25)17-14(10)21/h1-6,19H,(H2,16,17,20,21,25). The summed E-state index contributed by atoms with van der Waals surface area (Å²) < 4.78 is 5.46. The van der Waals surface area contributed by atoms with Crippen LogP contribution in [0.2, 0.25) is 0 Å². The van der Waals surface area contributed by atoms with Gasteiger partial charge in [-0.25, -0.2) is 0 Å². The van der Waals surface area contributed by atoms with Gasteiger partial charge in [-0.2, -0.15) is 0 Å². The van der Waals surface area contributed by atoms with Crippen molar-refractivity contribution in [3.05, 3.63) is 51.8 Å². The molecule has 1 aliphatic heterocycles. The highest BCUT2D eigenvalue weighted by Gasteiger charge is 2.26. The molecule has 2 heterocycles. The molecule has 3 N–H and O–H groups in total. The fourth-order valence-electron chi connectivity index (χ4n) is 2.16. The van der Waals surface area contributed by atoms with Gasteiger partial charge >= 0.3 is 0 Å². The highest BCUT2D eigenvalue weighted by molar-refractivity contribution is 7.80. The summed E-state index contributed by atoms with van der Waals surface area (Å²) in [7, 11) is 0. The Morgan fingerprint density at radius 3 is 2.48 bits per heavy atom. The van der Waals surface area contributed by atoms with E-state index in [2.05, 4.69) is 10.6 Å². The lowest BCUT2D eigenvalue weighted by Gasteiger charge is -2.15. The highest BCUT2D eigenvalue weighted by atomic mass is 32.1. The van der Waals surface area contributed by atoms with E-state index in [0.29, 0.717) is 0 Å². The molecule has 126 valence electrons. The van der Waals surface area contributed by atoms with E-state index in [1.807, 2.05) is 0 Å². The van der Waals surface area contributed by atoms with Gasteiger partial charge in [-0.1, -0.05) is 0 Å². The van der Waals surface area contributed by atoms with Crippen LogP contribution in [0.4, 0.5) is 5.69 Å².